The molecule has 4 fully saturated rings. The summed E-state index contributed by atoms with van der Waals surface area (Å²) in [5, 5.41) is 48.6. The van der Waals surface area contributed by atoms with Crippen molar-refractivity contribution in [3.8, 4) is 11.5 Å². The first-order valence-corrected chi connectivity index (χ1v) is 44.7. The maximum absolute atomic E-state index is 12.7. The Hall–Kier alpha value is -10.5. The number of aliphatic hydroxyl groups excluding tert-OH is 1. The molecule has 0 spiro atoms. The minimum atomic E-state index is -1.25. The number of hydrogen-bond donors (Lipinski definition) is 8. The van der Waals surface area contributed by atoms with Gasteiger partial charge in [0.25, 0.3) is 0 Å². The van der Waals surface area contributed by atoms with E-state index in [-0.39, 0.29) is 106 Å². The number of nitrogens with zero attached hydrogens (tertiary/aromatic N) is 2. The zero-order chi connectivity index (χ0) is 91.7. The van der Waals surface area contributed by atoms with Gasteiger partial charge in [0.1, 0.15) is 33.6 Å². The lowest BCUT2D eigenvalue weighted by Crippen LogP contribution is -2.58. The molecule has 126 heavy (non-hydrogen) atoms. The lowest BCUT2D eigenvalue weighted by atomic mass is 9.48. The van der Waals surface area contributed by atoms with Crippen LogP contribution in [0, 0.1) is 58.2 Å². The number of phenols is 1. The fourth-order valence-corrected chi connectivity index (χ4v) is 21.0. The number of nitrogen functional groups attached to an aromatic ring is 1. The number of hydrogen-bond acceptors (Lipinski definition) is 20. The van der Waals surface area contributed by atoms with Crippen molar-refractivity contribution < 1.29 is 97.2 Å². The number of aromatic amines is 1. The summed E-state index contributed by atoms with van der Waals surface area (Å²) in [5.41, 5.74) is 9.60. The van der Waals surface area contributed by atoms with Crippen LogP contribution in [-0.2, 0) is 59.1 Å². The van der Waals surface area contributed by atoms with Crippen LogP contribution < -0.4 is 15.8 Å². The van der Waals surface area contributed by atoms with Crippen molar-refractivity contribution in [2.45, 2.75) is 221 Å². The van der Waals surface area contributed by atoms with Crippen LogP contribution in [0.5, 0.6) is 11.5 Å². The van der Waals surface area contributed by atoms with Gasteiger partial charge >= 0.3 is 41.9 Å². The third-order valence-electron chi connectivity index (χ3n) is 26.2. The van der Waals surface area contributed by atoms with E-state index < -0.39 is 51.6 Å². The molecule has 7 aliphatic carbocycles. The number of aromatic hydroxyl groups is 1. The number of nitrogens with two attached hydrogens (primary N) is 1. The topological polar surface area (TPSA) is 390 Å². The summed E-state index contributed by atoms with van der Waals surface area (Å²) in [6.07, 6.45) is 18.9. The molecule has 2 aromatic heterocycles. The number of methoxy groups -OCH3 is 1. The fourth-order valence-electron chi connectivity index (χ4n) is 19.1. The summed E-state index contributed by atoms with van der Waals surface area (Å²) in [5.74, 6) is -1.46. The molecule has 29 heteroatoms. The Labute approximate surface area is 752 Å². The van der Waals surface area contributed by atoms with Gasteiger partial charge in [0.15, 0.2) is 22.8 Å². The molecule has 7 aromatic rings. The normalized spacial score (nSPS) is 26.9. The molecular formula is C97H112Cl3N5O20S. The van der Waals surface area contributed by atoms with Gasteiger partial charge in [-0.3, -0.25) is 38.9 Å². The average Bonchev–Trinajstić information content (AvgIpc) is 1.46. The van der Waals surface area contributed by atoms with E-state index in [4.69, 9.17) is 79.9 Å². The van der Waals surface area contributed by atoms with Gasteiger partial charge < -0.3 is 64.5 Å². The Morgan fingerprint density at radius 3 is 2.13 bits per heavy atom. The van der Waals surface area contributed by atoms with E-state index in [0.717, 1.165) is 90.5 Å². The number of esters is 3. The Balaban J connectivity index is 0.000000150. The number of allylic oxidation sites excluding steroid dienone is 7. The third kappa shape index (κ3) is 22.3. The van der Waals surface area contributed by atoms with Gasteiger partial charge in [-0.15, -0.1) is 23.2 Å². The number of anilines is 2. The third-order valence-corrected chi connectivity index (χ3v) is 28.3. The van der Waals surface area contributed by atoms with Crippen LogP contribution in [0.2, 0.25) is 0 Å². The number of ketones is 3. The maximum Gasteiger partial charge on any atom is 0.413 e. The molecule has 1 saturated heterocycles. The summed E-state index contributed by atoms with van der Waals surface area (Å²) in [4.78, 5) is 126. The van der Waals surface area contributed by atoms with Crippen molar-refractivity contribution in [1.29, 1.82) is 0 Å². The Kier molecular flexibility index (Phi) is 31.0. The first kappa shape index (κ1) is 96.1. The number of carboxylic acids is 3. The predicted octanol–water partition coefficient (Wildman–Crippen LogP) is 19.4. The smallest absolute Gasteiger partial charge is 0.413 e. The SMILES string of the molecule is CC(=O)O[C@]1(C(C)=O)CC[C@H]2[C@@H]3C=C(Cl)C4=CC(=O)CC[C@]4(C)[C@H]3CC[C@@]21C.CC(C)(Oc1ccc(C2CC2(Cl)Cl)cc1)C(=O)O.CC[C@H](C)C(=O)O[C@H]1C[C@@H](C)C=C2C=C[C@H](C)[C@H](CC[C@@H]3C[C@@H](O)CC(=O)O3)[C@H]21.COC(=O)Nc1nc2cc(Sc3ccccc3)ccc2[nH]1.Nc1ccc(C(=O)O)c(O)c1.O=C(c1ccccc1)c1ccc2n1CCC2C(=O)O. The predicted molar refractivity (Wildman–Crippen MR) is 479 cm³/mol. The number of aliphatic carboxylic acids is 2. The van der Waals surface area contributed by atoms with Gasteiger partial charge in [0, 0.05) is 81.4 Å². The lowest BCUT2D eigenvalue weighted by molar-refractivity contribution is -0.185. The van der Waals surface area contributed by atoms with E-state index in [9.17, 15) is 53.1 Å². The number of rotatable bonds is 19. The lowest BCUT2D eigenvalue weighted by Gasteiger charge is -2.57. The van der Waals surface area contributed by atoms with Crippen molar-refractivity contribution in [3.05, 3.63) is 208 Å². The summed E-state index contributed by atoms with van der Waals surface area (Å²) >= 11 is 20.3. The molecule has 3 saturated carbocycles. The monoisotopic (exact) mass is 1800 g/mol. The number of ether oxygens (including phenoxy) is 5. The zero-order valence-corrected chi connectivity index (χ0v) is 75.7. The number of aromatic carboxylic acids is 1. The van der Waals surface area contributed by atoms with Crippen LogP contribution in [0.25, 0.3) is 11.0 Å². The summed E-state index contributed by atoms with van der Waals surface area (Å²) in [6.45, 7) is 19.3. The standard InChI is InChI=1S/C24H36O5.C23H29ClO4.C15H13N3O2S.C15H13NO3.C13H14Cl2O3.C7H7NO3/c1-5-15(3)24(27)29-21-11-14(2)10-17-7-6-16(4)20(23(17)21)9-8-19-12-18(25)13-22(26)28-19;1-13(25)23(28-14(2)26)10-7-18-16-12-20(24)19-11-15(27)5-8-21(19,3)17(16)6-9-22(18,23)4;1-20-15(19)18-14-16-12-8-7-11(9-13(12)17-14)21-10-5-3-2-4-6-10;17-14(10-4-2-1-3-5-10)13-7-6-12-11(15(18)19)8-9-16(12)13;1-12(2,11(16)17)18-9-5-3-8(4-6-9)10-7-13(10,14)15;8-4-1-2-5(7(10)11)6(9)3-4/h6-7,10,14-16,18-21,23,25H,5,8-9,11-13H2,1-4H3;11-12,16-18H,5-10H2,1-4H3;2-9H,1H3,(H2,16,17,18,19);1-7,11H,8-9H2,(H,18,19);3-6,10H,7H2,1-2H3,(H,16,17);1-3,9H,8H2,(H,10,11)/t14-,15-,16-,18+,19+,20-,21-,23-;16-,17+,18+,21-,22+,23+;;;;/m01..../s1. The van der Waals surface area contributed by atoms with Gasteiger partial charge in [-0.25, -0.2) is 19.4 Å². The molecule has 2 aliphatic heterocycles. The average molecular weight is 1810 g/mol. The van der Waals surface area contributed by atoms with Crippen LogP contribution >= 0.6 is 46.6 Å². The second-order valence-electron chi connectivity index (χ2n) is 35.1. The van der Waals surface area contributed by atoms with E-state index in [1.165, 1.54) is 56.5 Å². The number of alkyl halides is 2. The number of cyclic esters (lactones) is 1. The molecule has 9 N–H and O–H groups in total. The van der Waals surface area contributed by atoms with Crippen molar-refractivity contribution in [1.82, 2.24) is 14.5 Å². The quantitative estimate of drug-likeness (QED) is 0.0123. The minimum Gasteiger partial charge on any atom is -0.507 e. The van der Waals surface area contributed by atoms with Gasteiger partial charge in [0.05, 0.1) is 48.2 Å². The number of halogens is 3. The summed E-state index contributed by atoms with van der Waals surface area (Å²) < 4.78 is 28.4. The summed E-state index contributed by atoms with van der Waals surface area (Å²) in [6, 6.07) is 39.7. The van der Waals surface area contributed by atoms with Gasteiger partial charge in [-0.2, -0.15) is 0 Å². The van der Waals surface area contributed by atoms with E-state index in [2.05, 4.69) is 84.2 Å². The molecule has 2 unspecified atom stereocenters. The van der Waals surface area contributed by atoms with Crippen molar-refractivity contribution in [2.24, 2.45) is 58.2 Å². The molecule has 5 aromatic carbocycles. The second-order valence-corrected chi connectivity index (χ2v) is 38.2. The van der Waals surface area contributed by atoms with E-state index in [1.807, 2.05) is 85.1 Å². The van der Waals surface area contributed by atoms with Crippen LogP contribution in [0.3, 0.4) is 0 Å². The van der Waals surface area contributed by atoms with Gasteiger partial charge in [0.2, 0.25) is 11.7 Å². The molecule has 0 bridgehead atoms. The van der Waals surface area contributed by atoms with Crippen molar-refractivity contribution >= 4 is 128 Å². The Morgan fingerprint density at radius 2 is 1.51 bits per heavy atom. The molecule has 672 valence electrons. The first-order chi connectivity index (χ1) is 59.6. The van der Waals surface area contributed by atoms with Gasteiger partial charge in [-0.05, 0) is 222 Å². The highest BCUT2D eigenvalue weighted by molar-refractivity contribution is 7.99. The van der Waals surface area contributed by atoms with Crippen molar-refractivity contribution in [2.75, 3.05) is 18.2 Å². The molecule has 16 atom stereocenters. The highest BCUT2D eigenvalue weighted by Gasteiger charge is 2.68. The number of imidazole rings is 1. The molecule has 1 amide bonds. The number of H-pyrrole nitrogens is 1. The summed E-state index contributed by atoms with van der Waals surface area (Å²) in [7, 11) is 1.31. The second kappa shape index (κ2) is 40.6. The molecular weight excluding hydrogens is 1690 g/mol. The number of aliphatic hydroxyl groups is 1. The Bertz CT molecular complexity index is 5340. The van der Waals surface area contributed by atoms with Crippen LogP contribution in [0.15, 0.2) is 190 Å². The van der Waals surface area contributed by atoms with E-state index >= 15 is 0 Å². The fraction of sp³-hybridized carbons (Fsp3) is 0.454. The molecule has 0 radical (unpaired) electrons. The number of fused-ring (bicyclic) bond motifs is 8. The number of nitrogens with one attached hydrogen (secondary N) is 2. The maximum atomic E-state index is 12.7. The number of carbonyl (C=O) groups excluding carboxylic acids is 7. The van der Waals surface area contributed by atoms with Crippen LogP contribution in [0.4, 0.5) is 16.4 Å². The zero-order valence-electron chi connectivity index (χ0n) is 72.6. The number of carboxylic acid groups (broad SMARTS) is 3. The van der Waals surface area contributed by atoms with Crippen LogP contribution in [-0.4, -0.2) is 140 Å². The van der Waals surface area contributed by atoms with Gasteiger partial charge in [-0.1, -0.05) is 150 Å². The van der Waals surface area contributed by atoms with E-state index in [0.29, 0.717) is 89.6 Å². The highest BCUT2D eigenvalue weighted by atomic mass is 35.5. The first-order valence-electron chi connectivity index (χ1n) is 42.7. The number of amides is 1. The van der Waals surface area contributed by atoms with Crippen LogP contribution in [0.1, 0.15) is 209 Å². The van der Waals surface area contributed by atoms with E-state index in [1.54, 1.807) is 61.2 Å². The van der Waals surface area contributed by atoms with Crippen molar-refractivity contribution in [3.63, 3.8) is 0 Å². The number of Topliss-reactive ketones (excluding diaryl/α,β-unsaturated/α-hetero) is 1. The Morgan fingerprint density at radius 1 is 0.825 bits per heavy atom. The molecule has 9 aliphatic rings. The number of aromatic nitrogens is 3. The molecule has 25 nitrogen and oxygen atoms in total. The molecule has 16 rings (SSSR count). The largest absolute Gasteiger partial charge is 0.507 e. The number of benzene rings is 5. The highest BCUT2D eigenvalue weighted by Crippen LogP contribution is 2.68. The molecule has 4 heterocycles. The minimum absolute atomic E-state index is 0.0490. The number of carbonyl (C=O) groups is 10.